The van der Waals surface area contributed by atoms with Crippen molar-refractivity contribution >= 4 is 23.3 Å². The number of piperidine rings is 1. The lowest BCUT2D eigenvalue weighted by Crippen LogP contribution is -2.49. The van der Waals surface area contributed by atoms with Crippen molar-refractivity contribution in [3.8, 4) is 11.5 Å². The number of carbonyl (C=O) groups is 2. The number of hydrogen-bond donors (Lipinski definition) is 3. The smallest absolute Gasteiger partial charge is 0.317 e. The molecule has 2 aliphatic heterocycles. The molecule has 1 aromatic carbocycles. The van der Waals surface area contributed by atoms with Crippen LogP contribution >= 0.6 is 0 Å². The molecule has 146 valence electrons. The molecule has 2 fully saturated rings. The molecule has 3 amide bonds. The maximum atomic E-state index is 12.7. The van der Waals surface area contributed by atoms with Crippen LogP contribution < -0.4 is 25.8 Å². The van der Waals surface area contributed by atoms with Gasteiger partial charge < -0.3 is 30.7 Å². The van der Waals surface area contributed by atoms with Gasteiger partial charge in [0.05, 0.1) is 17.3 Å². The van der Waals surface area contributed by atoms with Crippen molar-refractivity contribution in [2.24, 2.45) is 5.92 Å². The second-order valence-corrected chi connectivity index (χ2v) is 7.50. The van der Waals surface area contributed by atoms with Crippen LogP contribution in [0.3, 0.4) is 0 Å². The molecule has 1 atom stereocenters. The summed E-state index contributed by atoms with van der Waals surface area (Å²) in [6.07, 6.45) is 6.01. The summed E-state index contributed by atoms with van der Waals surface area (Å²) in [5.74, 6) is 0.774. The second-order valence-electron chi connectivity index (χ2n) is 7.50. The molecule has 8 heteroatoms. The number of ether oxygens (including phenoxy) is 2. The highest BCUT2D eigenvalue weighted by atomic mass is 16.7. The van der Waals surface area contributed by atoms with Gasteiger partial charge in [-0.15, -0.1) is 0 Å². The lowest BCUT2D eigenvalue weighted by Gasteiger charge is -2.33. The standard InChI is InChI=1S/C19H26N4O4/c20-14-8-16-17(27-11-26-16)9-15(14)22-18(24)12-4-3-7-23(10-12)19(25)21-13-5-1-2-6-13/h8-9,12-13H,1-7,10-11,20H2,(H,21,25)(H,22,24). The number of urea groups is 1. The van der Waals surface area contributed by atoms with Gasteiger partial charge in [-0.25, -0.2) is 4.79 Å². The average Bonchev–Trinajstić information content (AvgIpc) is 3.33. The van der Waals surface area contributed by atoms with Crippen LogP contribution in [0.2, 0.25) is 0 Å². The number of nitrogens with two attached hydrogens (primary N) is 1. The quantitative estimate of drug-likeness (QED) is 0.704. The molecule has 1 aromatic rings. The van der Waals surface area contributed by atoms with E-state index in [0.717, 1.165) is 25.7 Å². The third kappa shape index (κ3) is 3.89. The molecule has 0 radical (unpaired) electrons. The number of fused-ring (bicyclic) bond motifs is 1. The Morgan fingerprint density at radius 2 is 1.81 bits per heavy atom. The summed E-state index contributed by atoms with van der Waals surface area (Å²) in [6.45, 7) is 1.27. The molecular formula is C19H26N4O4. The summed E-state index contributed by atoms with van der Waals surface area (Å²) in [5.41, 5.74) is 6.95. The van der Waals surface area contributed by atoms with Gasteiger partial charge in [-0.2, -0.15) is 0 Å². The topological polar surface area (TPSA) is 106 Å². The Hall–Kier alpha value is -2.64. The Bertz CT molecular complexity index is 733. The summed E-state index contributed by atoms with van der Waals surface area (Å²) in [5, 5.41) is 5.98. The minimum atomic E-state index is -0.252. The molecule has 0 aromatic heterocycles. The Kier molecular flexibility index (Phi) is 4.96. The minimum absolute atomic E-state index is 0.0537. The zero-order valence-electron chi connectivity index (χ0n) is 15.3. The third-order valence-electron chi connectivity index (χ3n) is 5.56. The van der Waals surface area contributed by atoms with Gasteiger partial charge in [0.1, 0.15) is 0 Å². The van der Waals surface area contributed by atoms with Crippen molar-refractivity contribution in [3.05, 3.63) is 12.1 Å². The first-order valence-corrected chi connectivity index (χ1v) is 9.65. The average molecular weight is 374 g/mol. The lowest BCUT2D eigenvalue weighted by molar-refractivity contribution is -0.121. The van der Waals surface area contributed by atoms with Gasteiger partial charge in [0, 0.05) is 31.3 Å². The number of amides is 3. The first kappa shape index (κ1) is 17.8. The van der Waals surface area contributed by atoms with Crippen LogP contribution in [-0.2, 0) is 4.79 Å². The van der Waals surface area contributed by atoms with Crippen LogP contribution in [-0.4, -0.2) is 42.8 Å². The highest BCUT2D eigenvalue weighted by Crippen LogP contribution is 2.38. The number of benzene rings is 1. The zero-order chi connectivity index (χ0) is 18.8. The molecule has 1 unspecified atom stereocenters. The highest BCUT2D eigenvalue weighted by Gasteiger charge is 2.30. The summed E-state index contributed by atoms with van der Waals surface area (Å²) in [6, 6.07) is 3.56. The van der Waals surface area contributed by atoms with Crippen molar-refractivity contribution in [1.29, 1.82) is 0 Å². The van der Waals surface area contributed by atoms with Crippen molar-refractivity contribution in [3.63, 3.8) is 0 Å². The molecule has 0 bridgehead atoms. The van der Waals surface area contributed by atoms with E-state index in [-0.39, 0.29) is 30.7 Å². The SMILES string of the molecule is Nc1cc2c(cc1NC(=O)C1CCCN(C(=O)NC3CCCC3)C1)OCO2. The molecule has 1 aliphatic carbocycles. The van der Waals surface area contributed by atoms with Crippen LogP contribution in [0, 0.1) is 5.92 Å². The maximum Gasteiger partial charge on any atom is 0.317 e. The summed E-state index contributed by atoms with van der Waals surface area (Å²) in [4.78, 5) is 27.0. The molecule has 4 rings (SSSR count). The van der Waals surface area contributed by atoms with Gasteiger partial charge in [0.2, 0.25) is 12.7 Å². The molecule has 1 saturated heterocycles. The molecular weight excluding hydrogens is 348 g/mol. The highest BCUT2D eigenvalue weighted by molar-refractivity contribution is 5.96. The van der Waals surface area contributed by atoms with Crippen LogP contribution in [0.4, 0.5) is 16.2 Å². The number of nitrogens with one attached hydrogen (secondary N) is 2. The summed E-state index contributed by atoms with van der Waals surface area (Å²) < 4.78 is 10.6. The molecule has 8 nitrogen and oxygen atoms in total. The number of hydrogen-bond acceptors (Lipinski definition) is 5. The number of anilines is 2. The first-order chi connectivity index (χ1) is 13.1. The largest absolute Gasteiger partial charge is 0.454 e. The van der Waals surface area contributed by atoms with Gasteiger partial charge in [0.25, 0.3) is 0 Å². The van der Waals surface area contributed by atoms with E-state index >= 15 is 0 Å². The lowest BCUT2D eigenvalue weighted by atomic mass is 9.97. The van der Waals surface area contributed by atoms with Crippen LogP contribution in [0.25, 0.3) is 0 Å². The first-order valence-electron chi connectivity index (χ1n) is 9.65. The van der Waals surface area contributed by atoms with E-state index in [9.17, 15) is 9.59 Å². The summed E-state index contributed by atoms with van der Waals surface area (Å²) in [7, 11) is 0. The van der Waals surface area contributed by atoms with Crippen molar-refractivity contribution in [1.82, 2.24) is 10.2 Å². The van der Waals surface area contributed by atoms with Gasteiger partial charge in [-0.1, -0.05) is 12.8 Å². The number of nitrogens with zero attached hydrogens (tertiary/aromatic N) is 1. The second kappa shape index (κ2) is 7.54. The predicted molar refractivity (Wildman–Crippen MR) is 101 cm³/mol. The Labute approximate surface area is 158 Å². The molecule has 1 saturated carbocycles. The fraction of sp³-hybridized carbons (Fsp3) is 0.579. The Balaban J connectivity index is 1.36. The molecule has 2 heterocycles. The van der Waals surface area contributed by atoms with E-state index in [0.29, 0.717) is 36.0 Å². The monoisotopic (exact) mass is 374 g/mol. The Morgan fingerprint density at radius 3 is 2.59 bits per heavy atom. The molecule has 27 heavy (non-hydrogen) atoms. The maximum absolute atomic E-state index is 12.7. The number of carbonyl (C=O) groups excluding carboxylic acids is 2. The normalized spacial score (nSPS) is 21.9. The third-order valence-corrected chi connectivity index (χ3v) is 5.56. The predicted octanol–water partition coefficient (Wildman–Crippen LogP) is 2.30. The van der Waals surface area contributed by atoms with Crippen molar-refractivity contribution < 1.29 is 19.1 Å². The van der Waals surface area contributed by atoms with E-state index < -0.39 is 0 Å². The van der Waals surface area contributed by atoms with E-state index in [1.807, 2.05) is 0 Å². The van der Waals surface area contributed by atoms with Crippen LogP contribution in [0.5, 0.6) is 11.5 Å². The minimum Gasteiger partial charge on any atom is -0.454 e. The van der Waals surface area contributed by atoms with Crippen LogP contribution in [0.15, 0.2) is 12.1 Å². The number of likely N-dealkylation sites (tertiary alicyclic amines) is 1. The molecule has 0 spiro atoms. The zero-order valence-corrected chi connectivity index (χ0v) is 15.3. The van der Waals surface area contributed by atoms with Crippen LogP contribution in [0.1, 0.15) is 38.5 Å². The number of rotatable bonds is 3. The van der Waals surface area contributed by atoms with E-state index in [2.05, 4.69) is 10.6 Å². The van der Waals surface area contributed by atoms with Gasteiger partial charge in [-0.3, -0.25) is 4.79 Å². The van der Waals surface area contributed by atoms with Crippen molar-refractivity contribution in [2.45, 2.75) is 44.6 Å². The molecule has 4 N–H and O–H groups in total. The van der Waals surface area contributed by atoms with E-state index in [4.69, 9.17) is 15.2 Å². The molecule has 3 aliphatic rings. The van der Waals surface area contributed by atoms with Crippen molar-refractivity contribution in [2.75, 3.05) is 30.9 Å². The van der Waals surface area contributed by atoms with Gasteiger partial charge in [0.15, 0.2) is 11.5 Å². The fourth-order valence-corrected chi connectivity index (χ4v) is 4.01. The van der Waals surface area contributed by atoms with Gasteiger partial charge >= 0.3 is 6.03 Å². The summed E-state index contributed by atoms with van der Waals surface area (Å²) >= 11 is 0. The fourth-order valence-electron chi connectivity index (χ4n) is 4.01. The van der Waals surface area contributed by atoms with E-state index in [1.165, 1.54) is 12.8 Å². The number of nitrogen functional groups attached to an aromatic ring is 1. The van der Waals surface area contributed by atoms with Gasteiger partial charge in [-0.05, 0) is 25.7 Å². The Morgan fingerprint density at radius 1 is 1.07 bits per heavy atom. The van der Waals surface area contributed by atoms with E-state index in [1.54, 1.807) is 17.0 Å².